The number of benzene rings is 2. The zero-order valence-electron chi connectivity index (χ0n) is 23.6. The molecule has 0 bridgehead atoms. The molecule has 0 unspecified atom stereocenters. The van der Waals surface area contributed by atoms with Crippen molar-refractivity contribution in [2.24, 2.45) is 5.92 Å². The van der Waals surface area contributed by atoms with Crippen LogP contribution in [0.3, 0.4) is 0 Å². The van der Waals surface area contributed by atoms with Crippen molar-refractivity contribution >= 4 is 11.9 Å². The second-order valence-corrected chi connectivity index (χ2v) is 12.6. The highest BCUT2D eigenvalue weighted by Crippen LogP contribution is 2.47. The monoisotopic (exact) mass is 512 g/mol. The minimum Gasteiger partial charge on any atom is -0.507 e. The predicted octanol–water partition coefficient (Wildman–Crippen LogP) is 6.91. The summed E-state index contributed by atoms with van der Waals surface area (Å²) >= 11 is 0. The van der Waals surface area contributed by atoms with Crippen molar-refractivity contribution in [1.82, 2.24) is 0 Å². The highest BCUT2D eigenvalue weighted by Gasteiger charge is 2.30. The van der Waals surface area contributed by atoms with E-state index in [1.165, 1.54) is 0 Å². The molecule has 0 heterocycles. The van der Waals surface area contributed by atoms with Crippen LogP contribution >= 0.6 is 0 Å². The molecule has 2 aromatic rings. The number of aromatic hydroxyl groups is 2. The summed E-state index contributed by atoms with van der Waals surface area (Å²) in [4.78, 5) is 22.6. The smallest absolute Gasteiger partial charge is 0.303 e. The van der Waals surface area contributed by atoms with Gasteiger partial charge in [0, 0.05) is 29.9 Å². The first-order valence-corrected chi connectivity index (χ1v) is 13.1. The second kappa shape index (κ2) is 11.6. The van der Waals surface area contributed by atoms with Gasteiger partial charge in [-0.25, -0.2) is 0 Å². The number of carboxylic acids is 2. The van der Waals surface area contributed by atoms with Gasteiger partial charge in [-0.2, -0.15) is 0 Å². The topological polar surface area (TPSA) is 115 Å². The van der Waals surface area contributed by atoms with E-state index in [4.69, 9.17) is 0 Å². The van der Waals surface area contributed by atoms with Crippen LogP contribution in [0.15, 0.2) is 24.3 Å². The van der Waals surface area contributed by atoms with Crippen LogP contribution in [0.1, 0.15) is 114 Å². The Kier molecular flexibility index (Phi) is 9.45. The van der Waals surface area contributed by atoms with Crippen LogP contribution in [-0.2, 0) is 33.3 Å². The SMILES string of the molecule is CC(C)CC(c1cc(CCC(=O)O)cc(C(C)(C)C)c1O)c1cc(CCC(=O)O)cc(C(C)(C)C)c1O. The van der Waals surface area contributed by atoms with Crippen LogP contribution in [0, 0.1) is 5.92 Å². The molecule has 37 heavy (non-hydrogen) atoms. The van der Waals surface area contributed by atoms with E-state index in [1.807, 2.05) is 65.8 Å². The molecule has 0 saturated heterocycles. The average molecular weight is 513 g/mol. The molecule has 2 aromatic carbocycles. The number of hydrogen-bond acceptors (Lipinski definition) is 4. The van der Waals surface area contributed by atoms with E-state index < -0.39 is 11.9 Å². The minimum absolute atomic E-state index is 0.0211. The number of carbonyl (C=O) groups is 2. The van der Waals surface area contributed by atoms with Gasteiger partial charge in [0.1, 0.15) is 11.5 Å². The summed E-state index contributed by atoms with van der Waals surface area (Å²) in [6.07, 6.45) is 1.26. The van der Waals surface area contributed by atoms with Crippen molar-refractivity contribution in [2.45, 2.75) is 104 Å². The molecule has 0 aliphatic heterocycles. The Morgan fingerprint density at radius 2 is 1.05 bits per heavy atom. The maximum Gasteiger partial charge on any atom is 0.303 e. The molecule has 4 N–H and O–H groups in total. The summed E-state index contributed by atoms with van der Waals surface area (Å²) in [5, 5.41) is 41.7. The van der Waals surface area contributed by atoms with Gasteiger partial charge in [-0.1, -0.05) is 79.7 Å². The van der Waals surface area contributed by atoms with Crippen molar-refractivity contribution in [3.63, 3.8) is 0 Å². The van der Waals surface area contributed by atoms with Crippen LogP contribution in [-0.4, -0.2) is 32.4 Å². The van der Waals surface area contributed by atoms with Crippen LogP contribution in [0.5, 0.6) is 11.5 Å². The lowest BCUT2D eigenvalue weighted by Gasteiger charge is -2.30. The molecular weight excluding hydrogens is 468 g/mol. The van der Waals surface area contributed by atoms with E-state index in [1.54, 1.807) is 0 Å². The third-order valence-electron chi connectivity index (χ3n) is 6.73. The van der Waals surface area contributed by atoms with Gasteiger partial charge in [0.15, 0.2) is 0 Å². The third-order valence-corrected chi connectivity index (χ3v) is 6.73. The lowest BCUT2D eigenvalue weighted by Crippen LogP contribution is -2.17. The highest BCUT2D eigenvalue weighted by atomic mass is 16.4. The van der Waals surface area contributed by atoms with Gasteiger partial charge < -0.3 is 20.4 Å². The summed E-state index contributed by atoms with van der Waals surface area (Å²) in [5.41, 5.74) is 3.66. The molecule has 0 amide bonds. The third kappa shape index (κ3) is 7.98. The Balaban J connectivity index is 2.88. The molecule has 0 aliphatic carbocycles. The summed E-state index contributed by atoms with van der Waals surface area (Å²) in [7, 11) is 0. The average Bonchev–Trinajstić information content (AvgIpc) is 2.74. The first kappa shape index (κ1) is 30.2. The quantitative estimate of drug-likeness (QED) is 0.275. The molecule has 0 aliphatic rings. The van der Waals surface area contributed by atoms with Crippen molar-refractivity contribution in [3.05, 3.63) is 57.6 Å². The largest absolute Gasteiger partial charge is 0.507 e. The Morgan fingerprint density at radius 1 is 0.703 bits per heavy atom. The Bertz CT molecular complexity index is 1050. The molecule has 0 aromatic heterocycles. The molecule has 2 rings (SSSR count). The van der Waals surface area contributed by atoms with E-state index in [0.717, 1.165) is 22.3 Å². The van der Waals surface area contributed by atoms with Crippen LogP contribution in [0.2, 0.25) is 0 Å². The molecule has 0 atom stereocenters. The normalized spacial score (nSPS) is 12.4. The molecule has 0 radical (unpaired) electrons. The fourth-order valence-electron chi connectivity index (χ4n) is 4.80. The first-order valence-electron chi connectivity index (χ1n) is 13.1. The number of hydrogen-bond donors (Lipinski definition) is 4. The van der Waals surface area contributed by atoms with Crippen LogP contribution in [0.4, 0.5) is 0 Å². The van der Waals surface area contributed by atoms with Gasteiger partial charge in [0.25, 0.3) is 0 Å². The molecule has 0 spiro atoms. The lowest BCUT2D eigenvalue weighted by atomic mass is 9.75. The van der Waals surface area contributed by atoms with Gasteiger partial charge in [-0.3, -0.25) is 9.59 Å². The fraction of sp³-hybridized carbons (Fsp3) is 0.548. The van der Waals surface area contributed by atoms with Crippen LogP contribution < -0.4 is 0 Å². The maximum atomic E-state index is 11.6. The van der Waals surface area contributed by atoms with E-state index in [0.29, 0.717) is 30.4 Å². The van der Waals surface area contributed by atoms with Crippen molar-refractivity contribution in [1.29, 1.82) is 0 Å². The molecule has 204 valence electrons. The summed E-state index contributed by atoms with van der Waals surface area (Å²) < 4.78 is 0. The second-order valence-electron chi connectivity index (χ2n) is 12.6. The van der Waals surface area contributed by atoms with E-state index in [-0.39, 0.29) is 47.0 Å². The molecule has 0 fully saturated rings. The first-order chi connectivity index (χ1) is 16.9. The van der Waals surface area contributed by atoms with Crippen molar-refractivity contribution < 1.29 is 30.0 Å². The van der Waals surface area contributed by atoms with Crippen molar-refractivity contribution in [2.75, 3.05) is 0 Å². The zero-order chi connectivity index (χ0) is 28.3. The van der Waals surface area contributed by atoms with Gasteiger partial charge >= 0.3 is 11.9 Å². The number of phenolic OH excluding ortho intramolecular Hbond substituents is 2. The lowest BCUT2D eigenvalue weighted by molar-refractivity contribution is -0.138. The summed E-state index contributed by atoms with van der Waals surface area (Å²) in [5.74, 6) is -1.59. The Hall–Kier alpha value is -3.02. The predicted molar refractivity (Wildman–Crippen MR) is 147 cm³/mol. The van der Waals surface area contributed by atoms with Gasteiger partial charge in [0.2, 0.25) is 0 Å². The standard InChI is InChI=1S/C31H44O6/c1-18(2)13-21(22-14-19(9-11-26(32)33)16-24(28(22)36)30(3,4)5)23-15-20(10-12-27(34)35)17-25(29(23)37)31(6,7)8/h14-18,21,36-37H,9-13H2,1-8H3,(H,32,33)(H,34,35). The maximum absolute atomic E-state index is 11.6. The highest BCUT2D eigenvalue weighted by molar-refractivity contribution is 5.68. The Morgan fingerprint density at radius 3 is 1.32 bits per heavy atom. The molecule has 6 nitrogen and oxygen atoms in total. The van der Waals surface area contributed by atoms with E-state index in [2.05, 4.69) is 13.8 Å². The number of aryl methyl sites for hydroxylation is 2. The number of aliphatic carboxylic acids is 2. The number of rotatable bonds is 10. The van der Waals surface area contributed by atoms with E-state index >= 15 is 0 Å². The van der Waals surface area contributed by atoms with E-state index in [9.17, 15) is 30.0 Å². The Labute approximate surface area is 221 Å². The summed E-state index contributed by atoms with van der Waals surface area (Å²) in [6, 6.07) is 7.53. The number of carboxylic acid groups (broad SMARTS) is 2. The van der Waals surface area contributed by atoms with Crippen molar-refractivity contribution in [3.8, 4) is 11.5 Å². The van der Waals surface area contributed by atoms with Crippen LogP contribution in [0.25, 0.3) is 0 Å². The molecule has 0 saturated carbocycles. The van der Waals surface area contributed by atoms with Gasteiger partial charge in [-0.05, 0) is 58.3 Å². The van der Waals surface area contributed by atoms with Gasteiger partial charge in [0.05, 0.1) is 0 Å². The zero-order valence-corrected chi connectivity index (χ0v) is 23.6. The molecular formula is C31H44O6. The van der Waals surface area contributed by atoms with Gasteiger partial charge in [-0.15, -0.1) is 0 Å². The fourth-order valence-corrected chi connectivity index (χ4v) is 4.80. The molecule has 6 heteroatoms. The number of phenols is 2. The summed E-state index contributed by atoms with van der Waals surface area (Å²) in [6.45, 7) is 16.2. The minimum atomic E-state index is -0.885.